The van der Waals surface area contributed by atoms with Crippen LogP contribution in [0.4, 0.5) is 0 Å². The topological polar surface area (TPSA) is 66.5 Å². The van der Waals surface area contributed by atoms with Crippen molar-refractivity contribution >= 4 is 43.5 Å². The van der Waals surface area contributed by atoms with Gasteiger partial charge in [-0.05, 0) is 58.6 Å². The molecule has 26 heavy (non-hydrogen) atoms. The van der Waals surface area contributed by atoms with Crippen LogP contribution in [0.15, 0.2) is 51.8 Å². The molecule has 1 N–H and O–H groups in total. The first-order valence-corrected chi connectivity index (χ1v) is 10.8. The van der Waals surface area contributed by atoms with Crippen molar-refractivity contribution in [2.45, 2.75) is 24.3 Å². The van der Waals surface area contributed by atoms with Crippen LogP contribution in [0.1, 0.15) is 28.8 Å². The van der Waals surface area contributed by atoms with Gasteiger partial charge in [-0.1, -0.05) is 29.8 Å². The van der Waals surface area contributed by atoms with Crippen molar-refractivity contribution in [1.29, 1.82) is 0 Å². The Morgan fingerprint density at radius 3 is 2.54 bits per heavy atom. The minimum Gasteiger partial charge on any atom is -0.348 e. The monoisotopic (exact) mass is 456 g/mol. The lowest BCUT2D eigenvalue weighted by Crippen LogP contribution is -2.28. The first-order chi connectivity index (χ1) is 12.4. The fourth-order valence-electron chi connectivity index (χ4n) is 2.83. The Bertz CT molecular complexity index is 928. The second kappa shape index (κ2) is 8.08. The van der Waals surface area contributed by atoms with Crippen molar-refractivity contribution in [2.24, 2.45) is 0 Å². The van der Waals surface area contributed by atoms with Crippen LogP contribution >= 0.6 is 27.5 Å². The minimum atomic E-state index is -3.57. The Morgan fingerprint density at radius 1 is 1.15 bits per heavy atom. The van der Waals surface area contributed by atoms with Gasteiger partial charge >= 0.3 is 0 Å². The van der Waals surface area contributed by atoms with Crippen molar-refractivity contribution in [1.82, 2.24) is 9.62 Å². The lowest BCUT2D eigenvalue weighted by Gasteiger charge is -2.16. The van der Waals surface area contributed by atoms with E-state index in [0.29, 0.717) is 22.6 Å². The lowest BCUT2D eigenvalue weighted by molar-refractivity contribution is 0.0950. The Labute approximate surface area is 166 Å². The first kappa shape index (κ1) is 19.4. The van der Waals surface area contributed by atoms with E-state index in [1.807, 2.05) is 18.2 Å². The third kappa shape index (κ3) is 4.11. The molecule has 0 spiro atoms. The largest absolute Gasteiger partial charge is 0.348 e. The van der Waals surface area contributed by atoms with Crippen molar-refractivity contribution < 1.29 is 13.2 Å². The molecule has 1 saturated heterocycles. The summed E-state index contributed by atoms with van der Waals surface area (Å²) in [6.45, 7) is 1.30. The Balaban J connectivity index is 1.81. The van der Waals surface area contributed by atoms with E-state index < -0.39 is 10.0 Å². The molecule has 3 rings (SSSR count). The standard InChI is InChI=1S/C18H18BrClN2O3S/c19-16-8-7-14(26(24,25)22-9-3-4-10-22)11-15(16)18(23)21-12-13-5-1-2-6-17(13)20/h1-2,5-8,11H,3-4,9-10,12H2,(H,21,23). The Hall–Kier alpha value is -1.41. The van der Waals surface area contributed by atoms with Crippen LogP contribution in [0, 0.1) is 0 Å². The van der Waals surface area contributed by atoms with Gasteiger partial charge in [-0.3, -0.25) is 4.79 Å². The predicted molar refractivity (Wildman–Crippen MR) is 105 cm³/mol. The number of hydrogen-bond acceptors (Lipinski definition) is 3. The molecule has 2 aromatic carbocycles. The van der Waals surface area contributed by atoms with Crippen LogP contribution < -0.4 is 5.32 Å². The second-order valence-electron chi connectivity index (χ2n) is 6.03. The van der Waals surface area contributed by atoms with Crippen LogP contribution in [0.3, 0.4) is 0 Å². The van der Waals surface area contributed by atoms with Gasteiger partial charge in [0.1, 0.15) is 0 Å². The van der Waals surface area contributed by atoms with Crippen LogP contribution in [-0.2, 0) is 16.6 Å². The van der Waals surface area contributed by atoms with E-state index in [1.54, 1.807) is 12.1 Å². The fraction of sp³-hybridized carbons (Fsp3) is 0.278. The molecule has 0 unspecified atom stereocenters. The van der Waals surface area contributed by atoms with E-state index in [2.05, 4.69) is 21.2 Å². The molecule has 0 saturated carbocycles. The summed E-state index contributed by atoms with van der Waals surface area (Å²) in [4.78, 5) is 12.7. The summed E-state index contributed by atoms with van der Waals surface area (Å²) in [5, 5.41) is 3.35. The molecule has 1 aliphatic heterocycles. The number of rotatable bonds is 5. The second-order valence-corrected chi connectivity index (χ2v) is 9.23. The Kier molecular flexibility index (Phi) is 6.02. The molecule has 0 aliphatic carbocycles. The van der Waals surface area contributed by atoms with Gasteiger partial charge in [0.25, 0.3) is 5.91 Å². The maximum atomic E-state index is 12.7. The maximum Gasteiger partial charge on any atom is 0.252 e. The van der Waals surface area contributed by atoms with Crippen molar-refractivity contribution in [3.05, 3.63) is 63.1 Å². The van der Waals surface area contributed by atoms with Gasteiger partial charge in [0.2, 0.25) is 10.0 Å². The summed E-state index contributed by atoms with van der Waals surface area (Å²) >= 11 is 9.42. The number of halogens is 2. The number of hydrogen-bond donors (Lipinski definition) is 1. The lowest BCUT2D eigenvalue weighted by atomic mass is 10.2. The molecule has 2 aromatic rings. The smallest absolute Gasteiger partial charge is 0.252 e. The van der Waals surface area contributed by atoms with Crippen molar-refractivity contribution in [3.8, 4) is 0 Å². The van der Waals surface area contributed by atoms with Crippen LogP contribution in [0.25, 0.3) is 0 Å². The zero-order chi connectivity index (χ0) is 18.7. The fourth-order valence-corrected chi connectivity index (χ4v) is 5.00. The first-order valence-electron chi connectivity index (χ1n) is 8.21. The molecular formula is C18H18BrClN2O3S. The predicted octanol–water partition coefficient (Wildman–Crippen LogP) is 3.82. The van der Waals surface area contributed by atoms with E-state index in [0.717, 1.165) is 18.4 Å². The summed E-state index contributed by atoms with van der Waals surface area (Å²) in [6, 6.07) is 11.8. The molecule has 0 radical (unpaired) electrons. The zero-order valence-corrected chi connectivity index (χ0v) is 17.1. The third-order valence-electron chi connectivity index (χ3n) is 4.28. The van der Waals surface area contributed by atoms with E-state index in [9.17, 15) is 13.2 Å². The van der Waals surface area contributed by atoms with Gasteiger partial charge in [-0.2, -0.15) is 4.31 Å². The number of sulfonamides is 1. The average Bonchev–Trinajstić information content (AvgIpc) is 3.16. The number of nitrogens with zero attached hydrogens (tertiary/aromatic N) is 1. The van der Waals surface area contributed by atoms with E-state index >= 15 is 0 Å². The highest BCUT2D eigenvalue weighted by atomic mass is 79.9. The molecule has 5 nitrogen and oxygen atoms in total. The van der Waals surface area contributed by atoms with Crippen LogP contribution in [0.5, 0.6) is 0 Å². The average molecular weight is 458 g/mol. The summed E-state index contributed by atoms with van der Waals surface area (Å²) in [5.74, 6) is -0.365. The zero-order valence-electron chi connectivity index (χ0n) is 13.9. The van der Waals surface area contributed by atoms with Crippen LogP contribution in [0.2, 0.25) is 5.02 Å². The summed E-state index contributed by atoms with van der Waals surface area (Å²) < 4.78 is 27.4. The van der Waals surface area contributed by atoms with Gasteiger partial charge in [-0.25, -0.2) is 8.42 Å². The molecule has 8 heteroatoms. The molecule has 0 bridgehead atoms. The number of carbonyl (C=O) groups excluding carboxylic acids is 1. The van der Waals surface area contributed by atoms with Crippen molar-refractivity contribution in [3.63, 3.8) is 0 Å². The van der Waals surface area contributed by atoms with Gasteiger partial charge < -0.3 is 5.32 Å². The van der Waals surface area contributed by atoms with E-state index in [-0.39, 0.29) is 22.9 Å². The number of carbonyl (C=O) groups is 1. The van der Waals surface area contributed by atoms with Gasteiger partial charge in [0, 0.05) is 29.1 Å². The molecule has 1 heterocycles. The number of benzene rings is 2. The molecule has 0 atom stereocenters. The minimum absolute atomic E-state index is 0.130. The highest BCUT2D eigenvalue weighted by Gasteiger charge is 2.28. The van der Waals surface area contributed by atoms with E-state index in [1.165, 1.54) is 16.4 Å². The highest BCUT2D eigenvalue weighted by Crippen LogP contribution is 2.25. The molecule has 1 aliphatic rings. The van der Waals surface area contributed by atoms with Crippen LogP contribution in [-0.4, -0.2) is 31.7 Å². The summed E-state index contributed by atoms with van der Waals surface area (Å²) in [7, 11) is -3.57. The molecule has 1 fully saturated rings. The van der Waals surface area contributed by atoms with Gasteiger partial charge in [0.15, 0.2) is 0 Å². The normalized spacial score (nSPS) is 15.2. The Morgan fingerprint density at radius 2 is 1.85 bits per heavy atom. The summed E-state index contributed by atoms with van der Waals surface area (Å²) in [6.07, 6.45) is 1.72. The molecule has 0 aromatic heterocycles. The number of nitrogens with one attached hydrogen (secondary N) is 1. The summed E-state index contributed by atoms with van der Waals surface area (Å²) in [5.41, 5.74) is 1.07. The van der Waals surface area contributed by atoms with Crippen molar-refractivity contribution in [2.75, 3.05) is 13.1 Å². The van der Waals surface area contributed by atoms with E-state index in [4.69, 9.17) is 11.6 Å². The maximum absolute atomic E-state index is 12.7. The third-order valence-corrected chi connectivity index (χ3v) is 7.24. The van der Waals surface area contributed by atoms with Gasteiger partial charge in [0.05, 0.1) is 10.5 Å². The highest BCUT2D eigenvalue weighted by molar-refractivity contribution is 9.10. The quantitative estimate of drug-likeness (QED) is 0.742. The van der Waals surface area contributed by atoms with Gasteiger partial charge in [-0.15, -0.1) is 0 Å². The SMILES string of the molecule is O=C(NCc1ccccc1Cl)c1cc(S(=O)(=O)N2CCCC2)ccc1Br. The molecule has 1 amide bonds. The number of amides is 1. The molecular weight excluding hydrogens is 440 g/mol. The molecule has 138 valence electrons.